The van der Waals surface area contributed by atoms with Crippen LogP contribution in [-0.4, -0.2) is 66.7 Å². The molecular weight excluding hydrogens is 509 g/mol. The summed E-state index contributed by atoms with van der Waals surface area (Å²) in [5, 5.41) is 4.15. The zero-order chi connectivity index (χ0) is 25.8. The molecular formula is C27H29Cl2N7O. The lowest BCUT2D eigenvalue weighted by Gasteiger charge is -2.51. The number of amides is 1. The van der Waals surface area contributed by atoms with Gasteiger partial charge < -0.3 is 15.1 Å². The minimum absolute atomic E-state index is 0.240. The standard InChI is InChI=1S/C27H29Cl2N7O/c1-16-11-17(7-10-23(16)35-14-18-8-9-19(35)13-33(18)2)31-27-30-12-20-25(32-27)34(3)15-36(26(20)37)24-21(28)5-4-6-22(24)29/h4-7,10-12,18-19H,8-9,13-15H2,1-3H3,(H,30,31,32)/t18-,19-/m1/s1. The van der Waals surface area contributed by atoms with E-state index >= 15 is 0 Å². The van der Waals surface area contributed by atoms with Gasteiger partial charge in [-0.05, 0) is 62.7 Å². The number of halogens is 2. The Labute approximate surface area is 226 Å². The maximum atomic E-state index is 13.3. The van der Waals surface area contributed by atoms with Gasteiger partial charge in [0.1, 0.15) is 11.4 Å². The molecule has 2 bridgehead atoms. The van der Waals surface area contributed by atoms with E-state index in [9.17, 15) is 4.79 Å². The van der Waals surface area contributed by atoms with E-state index < -0.39 is 0 Å². The Morgan fingerprint density at radius 2 is 1.78 bits per heavy atom. The highest BCUT2D eigenvalue weighted by molar-refractivity contribution is 6.40. The second-order valence-electron chi connectivity index (χ2n) is 10.2. The lowest BCUT2D eigenvalue weighted by molar-refractivity contribution is 0.0982. The van der Waals surface area contributed by atoms with Crippen LogP contribution in [0, 0.1) is 6.92 Å². The predicted octanol–water partition coefficient (Wildman–Crippen LogP) is 5.17. The van der Waals surface area contributed by atoms with Crippen molar-refractivity contribution in [3.8, 4) is 0 Å². The summed E-state index contributed by atoms with van der Waals surface area (Å²) in [5.74, 6) is 0.758. The number of benzene rings is 2. The van der Waals surface area contributed by atoms with Gasteiger partial charge in [0.05, 0.1) is 22.4 Å². The molecule has 7 rings (SSSR count). The van der Waals surface area contributed by atoms with E-state index in [1.165, 1.54) is 24.1 Å². The smallest absolute Gasteiger partial charge is 0.265 e. The highest BCUT2D eigenvalue weighted by Gasteiger charge is 2.37. The minimum atomic E-state index is -0.240. The van der Waals surface area contributed by atoms with E-state index in [2.05, 4.69) is 57.3 Å². The quantitative estimate of drug-likeness (QED) is 0.492. The molecule has 10 heteroatoms. The Kier molecular flexibility index (Phi) is 6.13. The first-order chi connectivity index (χ1) is 17.8. The van der Waals surface area contributed by atoms with Crippen molar-refractivity contribution in [1.29, 1.82) is 0 Å². The first-order valence-electron chi connectivity index (χ1n) is 12.5. The molecule has 0 radical (unpaired) electrons. The van der Waals surface area contributed by atoms with Crippen LogP contribution in [-0.2, 0) is 0 Å². The normalized spacial score (nSPS) is 21.4. The first-order valence-corrected chi connectivity index (χ1v) is 13.2. The Balaban J connectivity index is 1.22. The Bertz CT molecular complexity index is 1360. The van der Waals surface area contributed by atoms with Crippen LogP contribution in [0.15, 0.2) is 42.6 Å². The molecule has 2 atom stereocenters. The van der Waals surface area contributed by atoms with Crippen molar-refractivity contribution in [1.82, 2.24) is 14.9 Å². The van der Waals surface area contributed by atoms with Gasteiger partial charge in [-0.15, -0.1) is 0 Å². The summed E-state index contributed by atoms with van der Waals surface area (Å²) in [6, 6.07) is 12.8. The van der Waals surface area contributed by atoms with Gasteiger partial charge in [0.25, 0.3) is 5.91 Å². The number of hydrogen-bond donors (Lipinski definition) is 1. The fourth-order valence-electron chi connectivity index (χ4n) is 5.80. The number of hydrogen-bond acceptors (Lipinski definition) is 7. The molecule has 192 valence electrons. The number of fused-ring (bicyclic) bond motifs is 4. The molecule has 1 aromatic heterocycles. The average Bonchev–Trinajstić information content (AvgIpc) is 2.87. The highest BCUT2D eigenvalue weighted by Crippen LogP contribution is 2.38. The number of rotatable bonds is 4. The van der Waals surface area contributed by atoms with Crippen molar-refractivity contribution in [2.45, 2.75) is 31.8 Å². The number of carbonyl (C=O) groups is 1. The molecule has 8 nitrogen and oxygen atoms in total. The van der Waals surface area contributed by atoms with Gasteiger partial charge in [-0.2, -0.15) is 4.98 Å². The third kappa shape index (κ3) is 4.27. The maximum Gasteiger partial charge on any atom is 0.265 e. The fraction of sp³-hybridized carbons (Fsp3) is 0.370. The molecule has 37 heavy (non-hydrogen) atoms. The van der Waals surface area contributed by atoms with Crippen LogP contribution in [0.5, 0.6) is 0 Å². The molecule has 0 unspecified atom stereocenters. The van der Waals surface area contributed by atoms with E-state index in [-0.39, 0.29) is 12.6 Å². The highest BCUT2D eigenvalue weighted by atomic mass is 35.5. The van der Waals surface area contributed by atoms with Crippen molar-refractivity contribution in [2.75, 3.05) is 53.9 Å². The Morgan fingerprint density at radius 1 is 1.03 bits per heavy atom. The van der Waals surface area contributed by atoms with E-state index in [1.54, 1.807) is 29.3 Å². The van der Waals surface area contributed by atoms with Gasteiger partial charge in [0.2, 0.25) is 5.95 Å². The summed E-state index contributed by atoms with van der Waals surface area (Å²) in [6.07, 6.45) is 4.10. The van der Waals surface area contributed by atoms with Crippen LogP contribution in [0.4, 0.5) is 28.8 Å². The van der Waals surface area contributed by atoms with Crippen molar-refractivity contribution in [2.24, 2.45) is 0 Å². The number of nitrogens with one attached hydrogen (secondary N) is 1. The minimum Gasteiger partial charge on any atom is -0.365 e. The summed E-state index contributed by atoms with van der Waals surface area (Å²) in [6.45, 7) is 4.63. The second kappa shape index (κ2) is 9.35. The number of aryl methyl sites for hydroxylation is 1. The molecule has 0 aliphatic carbocycles. The van der Waals surface area contributed by atoms with Crippen LogP contribution in [0.3, 0.4) is 0 Å². The van der Waals surface area contributed by atoms with Crippen molar-refractivity contribution in [3.05, 3.63) is 63.8 Å². The molecule has 1 N–H and O–H groups in total. The van der Waals surface area contributed by atoms with Crippen molar-refractivity contribution >= 4 is 57.9 Å². The fourth-order valence-corrected chi connectivity index (χ4v) is 6.40. The monoisotopic (exact) mass is 537 g/mol. The molecule has 1 amide bonds. The maximum absolute atomic E-state index is 13.3. The zero-order valence-electron chi connectivity index (χ0n) is 21.1. The predicted molar refractivity (Wildman–Crippen MR) is 150 cm³/mol. The summed E-state index contributed by atoms with van der Waals surface area (Å²) in [7, 11) is 4.11. The third-order valence-electron chi connectivity index (χ3n) is 7.73. The van der Waals surface area contributed by atoms with Crippen molar-refractivity contribution < 1.29 is 4.79 Å². The molecule has 3 aromatic rings. The van der Waals surface area contributed by atoms with Crippen LogP contribution in [0.1, 0.15) is 28.8 Å². The number of piperazine rings is 1. The first kappa shape index (κ1) is 24.3. The van der Waals surface area contributed by atoms with Crippen LogP contribution < -0.4 is 20.0 Å². The Morgan fingerprint density at radius 3 is 2.46 bits per heavy atom. The van der Waals surface area contributed by atoms with E-state index in [4.69, 9.17) is 23.2 Å². The molecule has 0 saturated carbocycles. The number of anilines is 5. The summed E-state index contributed by atoms with van der Waals surface area (Å²) in [5.41, 5.74) is 4.31. The second-order valence-corrected chi connectivity index (χ2v) is 11.0. The van der Waals surface area contributed by atoms with Gasteiger partial charge in [-0.25, -0.2) is 4.98 Å². The van der Waals surface area contributed by atoms with E-state index in [0.29, 0.717) is 45.1 Å². The third-order valence-corrected chi connectivity index (χ3v) is 8.34. The molecule has 3 saturated heterocycles. The number of carbonyl (C=O) groups excluding carboxylic acids is 1. The van der Waals surface area contributed by atoms with Crippen LogP contribution >= 0.6 is 23.2 Å². The molecule has 2 aromatic carbocycles. The molecule has 3 fully saturated rings. The zero-order valence-corrected chi connectivity index (χ0v) is 22.6. The molecule has 5 heterocycles. The molecule has 0 spiro atoms. The van der Waals surface area contributed by atoms with Gasteiger partial charge in [-0.3, -0.25) is 14.6 Å². The van der Waals surface area contributed by atoms with Gasteiger partial charge in [-0.1, -0.05) is 29.3 Å². The number of aromatic nitrogens is 2. The molecule has 4 aliphatic rings. The van der Waals surface area contributed by atoms with Gasteiger partial charge >= 0.3 is 0 Å². The SMILES string of the molecule is Cc1cc(Nc2ncc3c(n2)N(C)CN(c2c(Cl)cccc2Cl)C3=O)ccc1N1C[C@H]2CC[C@@H]1CN2C. The van der Waals surface area contributed by atoms with Crippen LogP contribution in [0.2, 0.25) is 10.0 Å². The van der Waals surface area contributed by atoms with Gasteiger partial charge in [0.15, 0.2) is 0 Å². The topological polar surface area (TPSA) is 67.8 Å². The lowest BCUT2D eigenvalue weighted by atomic mass is 9.90. The van der Waals surface area contributed by atoms with Gasteiger partial charge in [0, 0.05) is 49.8 Å². The number of nitrogens with zero attached hydrogens (tertiary/aromatic N) is 6. The lowest BCUT2D eigenvalue weighted by Crippen LogP contribution is -2.61. The number of para-hydroxylation sites is 1. The average molecular weight is 538 g/mol. The Hall–Kier alpha value is -3.07. The van der Waals surface area contributed by atoms with E-state index in [1.807, 2.05) is 11.9 Å². The number of likely N-dealkylation sites (N-methyl/N-ethyl adjacent to an activating group) is 1. The largest absolute Gasteiger partial charge is 0.365 e. The summed E-state index contributed by atoms with van der Waals surface area (Å²) in [4.78, 5) is 30.9. The van der Waals surface area contributed by atoms with E-state index in [0.717, 1.165) is 18.8 Å². The van der Waals surface area contributed by atoms with Crippen molar-refractivity contribution in [3.63, 3.8) is 0 Å². The number of piperidine rings is 2. The summed E-state index contributed by atoms with van der Waals surface area (Å²) >= 11 is 12.7. The van der Waals surface area contributed by atoms with Crippen LogP contribution in [0.25, 0.3) is 0 Å². The molecule has 4 aliphatic heterocycles. The summed E-state index contributed by atoms with van der Waals surface area (Å²) < 4.78 is 0.